The van der Waals surface area contributed by atoms with Gasteiger partial charge in [0.05, 0.1) is 6.54 Å². The minimum absolute atomic E-state index is 0.0305. The third-order valence-electron chi connectivity index (χ3n) is 4.29. The molecule has 0 amide bonds. The summed E-state index contributed by atoms with van der Waals surface area (Å²) in [7, 11) is 1.52. The van der Waals surface area contributed by atoms with E-state index in [0.717, 1.165) is 5.56 Å². The number of hydrogen-bond acceptors (Lipinski definition) is 7. The van der Waals surface area contributed by atoms with Crippen LogP contribution in [0.15, 0.2) is 33.9 Å². The zero-order chi connectivity index (χ0) is 20.3. The topological polar surface area (TPSA) is 140 Å². The zero-order valence-electron chi connectivity index (χ0n) is 15.8. The van der Waals surface area contributed by atoms with Crippen molar-refractivity contribution in [1.82, 2.24) is 19.1 Å². The summed E-state index contributed by atoms with van der Waals surface area (Å²) in [6.07, 6.45) is -0.909. The second-order valence-electron chi connectivity index (χ2n) is 6.53. The predicted molar refractivity (Wildman–Crippen MR) is 106 cm³/mol. The second kappa shape index (κ2) is 8.28. The Kier molecular flexibility index (Phi) is 5.81. The van der Waals surface area contributed by atoms with Crippen LogP contribution in [0.3, 0.4) is 0 Å². The van der Waals surface area contributed by atoms with Crippen LogP contribution in [0.4, 0.5) is 5.95 Å². The standard InChI is InChI=1S/C18H24N6O4/c1-11-3-5-13(6-4-11)28-10-12(25)9-24-14-15(21-17(24)20-8-7-19)23(2)18(27)22-16(14)26/h3-6,12,25H,7-10,19H2,1-2H3,(H,20,21)(H,22,26,27)/t12-/m1/s1. The summed E-state index contributed by atoms with van der Waals surface area (Å²) in [6.45, 7) is 2.84. The van der Waals surface area contributed by atoms with Crippen LogP contribution in [0, 0.1) is 6.92 Å². The number of aliphatic hydroxyl groups is 1. The van der Waals surface area contributed by atoms with Gasteiger partial charge in [-0.05, 0) is 19.1 Å². The minimum atomic E-state index is -0.909. The lowest BCUT2D eigenvalue weighted by molar-refractivity contribution is 0.0938. The first-order valence-corrected chi connectivity index (χ1v) is 8.91. The Morgan fingerprint density at radius 1 is 1.32 bits per heavy atom. The molecule has 1 aromatic carbocycles. The summed E-state index contributed by atoms with van der Waals surface area (Å²) in [5.74, 6) is 0.989. The van der Waals surface area contributed by atoms with Crippen molar-refractivity contribution in [2.24, 2.45) is 12.8 Å². The molecule has 0 saturated carbocycles. The van der Waals surface area contributed by atoms with Crippen LogP contribution in [-0.4, -0.2) is 50.0 Å². The number of ether oxygens (including phenoxy) is 1. The van der Waals surface area contributed by atoms with Crippen molar-refractivity contribution in [1.29, 1.82) is 0 Å². The molecule has 150 valence electrons. The van der Waals surface area contributed by atoms with Gasteiger partial charge in [-0.25, -0.2) is 4.79 Å². The molecule has 2 aromatic heterocycles. The van der Waals surface area contributed by atoms with Crippen molar-refractivity contribution in [2.45, 2.75) is 19.6 Å². The Labute approximate surface area is 160 Å². The Bertz CT molecular complexity index is 1070. The zero-order valence-corrected chi connectivity index (χ0v) is 15.8. The van der Waals surface area contributed by atoms with Gasteiger partial charge in [-0.2, -0.15) is 4.98 Å². The van der Waals surface area contributed by atoms with E-state index in [1.165, 1.54) is 16.2 Å². The van der Waals surface area contributed by atoms with Gasteiger partial charge >= 0.3 is 5.69 Å². The number of hydrogen-bond donors (Lipinski definition) is 4. The maximum Gasteiger partial charge on any atom is 0.329 e. The number of nitrogens with one attached hydrogen (secondary N) is 2. The fraction of sp³-hybridized carbons (Fsp3) is 0.389. The maximum absolute atomic E-state index is 12.4. The lowest BCUT2D eigenvalue weighted by Crippen LogP contribution is -2.31. The summed E-state index contributed by atoms with van der Waals surface area (Å²) < 4.78 is 8.39. The van der Waals surface area contributed by atoms with E-state index in [4.69, 9.17) is 10.5 Å². The summed E-state index contributed by atoms with van der Waals surface area (Å²) in [6, 6.07) is 7.48. The smallest absolute Gasteiger partial charge is 0.329 e. The van der Waals surface area contributed by atoms with E-state index in [1.807, 2.05) is 31.2 Å². The Morgan fingerprint density at radius 3 is 2.71 bits per heavy atom. The molecule has 28 heavy (non-hydrogen) atoms. The average molecular weight is 388 g/mol. The van der Waals surface area contributed by atoms with Gasteiger partial charge < -0.3 is 25.5 Å². The number of H-pyrrole nitrogens is 1. The highest BCUT2D eigenvalue weighted by molar-refractivity contribution is 5.74. The first kappa shape index (κ1) is 19.6. The van der Waals surface area contributed by atoms with Crippen LogP contribution in [0.2, 0.25) is 0 Å². The third kappa shape index (κ3) is 4.07. The molecule has 0 aliphatic rings. The number of aryl methyl sites for hydroxylation is 2. The van der Waals surface area contributed by atoms with Crippen LogP contribution in [0.25, 0.3) is 11.2 Å². The molecule has 0 fully saturated rings. The number of benzene rings is 1. The summed E-state index contributed by atoms with van der Waals surface area (Å²) in [5, 5.41) is 13.5. The van der Waals surface area contributed by atoms with Gasteiger partial charge in [0.2, 0.25) is 5.95 Å². The van der Waals surface area contributed by atoms with Gasteiger partial charge in [0.1, 0.15) is 18.5 Å². The second-order valence-corrected chi connectivity index (χ2v) is 6.53. The number of imidazole rings is 1. The third-order valence-corrected chi connectivity index (χ3v) is 4.29. The molecular weight excluding hydrogens is 364 g/mol. The minimum Gasteiger partial charge on any atom is -0.491 e. The number of fused-ring (bicyclic) bond motifs is 1. The number of nitrogens with zero attached hydrogens (tertiary/aromatic N) is 3. The SMILES string of the molecule is Cc1ccc(OC[C@H](O)Cn2c(NCCN)nc3c2c(=O)[nH]c(=O)n3C)cc1. The molecule has 0 aliphatic heterocycles. The average Bonchev–Trinajstić information content (AvgIpc) is 3.03. The van der Waals surface area contributed by atoms with Gasteiger partial charge in [-0.3, -0.25) is 14.3 Å². The van der Waals surface area contributed by atoms with Crippen molar-refractivity contribution in [3.63, 3.8) is 0 Å². The molecule has 2 heterocycles. The lowest BCUT2D eigenvalue weighted by Gasteiger charge is -2.15. The largest absolute Gasteiger partial charge is 0.491 e. The molecule has 0 spiro atoms. The first-order chi connectivity index (χ1) is 13.4. The van der Waals surface area contributed by atoms with Crippen molar-refractivity contribution < 1.29 is 9.84 Å². The van der Waals surface area contributed by atoms with E-state index in [-0.39, 0.29) is 24.3 Å². The van der Waals surface area contributed by atoms with Gasteiger partial charge in [0.15, 0.2) is 11.2 Å². The van der Waals surface area contributed by atoms with E-state index < -0.39 is 17.4 Å². The molecule has 0 radical (unpaired) electrons. The normalized spacial score (nSPS) is 12.3. The van der Waals surface area contributed by atoms with Crippen LogP contribution in [0.1, 0.15) is 5.56 Å². The van der Waals surface area contributed by atoms with E-state index in [9.17, 15) is 14.7 Å². The molecule has 0 bridgehead atoms. The Hall–Kier alpha value is -3.11. The molecule has 3 aromatic rings. The van der Waals surface area contributed by atoms with Gasteiger partial charge in [0, 0.05) is 20.1 Å². The van der Waals surface area contributed by atoms with E-state index in [1.54, 1.807) is 0 Å². The summed E-state index contributed by atoms with van der Waals surface area (Å²) in [5.41, 5.74) is 5.93. The molecular formula is C18H24N6O4. The molecule has 10 heteroatoms. The molecule has 0 aliphatic carbocycles. The number of aliphatic hydroxyl groups excluding tert-OH is 1. The highest BCUT2D eigenvalue weighted by Crippen LogP contribution is 2.17. The highest BCUT2D eigenvalue weighted by Gasteiger charge is 2.19. The lowest BCUT2D eigenvalue weighted by atomic mass is 10.2. The molecule has 5 N–H and O–H groups in total. The first-order valence-electron chi connectivity index (χ1n) is 8.91. The number of aromatic amines is 1. The number of aromatic nitrogens is 4. The maximum atomic E-state index is 12.4. The molecule has 10 nitrogen and oxygen atoms in total. The molecule has 0 saturated heterocycles. The predicted octanol–water partition coefficient (Wildman–Crippen LogP) is -0.458. The van der Waals surface area contributed by atoms with Crippen molar-refractivity contribution in [2.75, 3.05) is 25.0 Å². The van der Waals surface area contributed by atoms with Crippen molar-refractivity contribution >= 4 is 17.1 Å². The van der Waals surface area contributed by atoms with E-state index in [0.29, 0.717) is 24.8 Å². The fourth-order valence-corrected chi connectivity index (χ4v) is 2.82. The Morgan fingerprint density at radius 2 is 2.04 bits per heavy atom. The van der Waals surface area contributed by atoms with Gasteiger partial charge in [0.25, 0.3) is 5.56 Å². The summed E-state index contributed by atoms with van der Waals surface area (Å²) >= 11 is 0. The van der Waals surface area contributed by atoms with Crippen LogP contribution < -0.4 is 27.0 Å². The highest BCUT2D eigenvalue weighted by atomic mass is 16.5. The van der Waals surface area contributed by atoms with Crippen molar-refractivity contribution in [3.05, 3.63) is 50.7 Å². The van der Waals surface area contributed by atoms with Crippen LogP contribution >= 0.6 is 0 Å². The summed E-state index contributed by atoms with van der Waals surface area (Å²) in [4.78, 5) is 30.8. The van der Waals surface area contributed by atoms with Crippen LogP contribution in [-0.2, 0) is 13.6 Å². The van der Waals surface area contributed by atoms with Gasteiger partial charge in [-0.15, -0.1) is 0 Å². The number of nitrogens with two attached hydrogens (primary N) is 1. The molecule has 3 rings (SSSR count). The molecule has 1 atom stereocenters. The van der Waals surface area contributed by atoms with Crippen LogP contribution in [0.5, 0.6) is 5.75 Å². The van der Waals surface area contributed by atoms with Gasteiger partial charge in [-0.1, -0.05) is 17.7 Å². The fourth-order valence-electron chi connectivity index (χ4n) is 2.82. The van der Waals surface area contributed by atoms with Crippen molar-refractivity contribution in [3.8, 4) is 5.75 Å². The number of anilines is 1. The van der Waals surface area contributed by atoms with E-state index in [2.05, 4.69) is 15.3 Å². The Balaban J connectivity index is 1.87. The number of rotatable bonds is 8. The van der Waals surface area contributed by atoms with E-state index >= 15 is 0 Å². The monoisotopic (exact) mass is 388 g/mol. The quantitative estimate of drug-likeness (QED) is 0.409. The molecule has 0 unspecified atom stereocenters.